The molecule has 1 unspecified atom stereocenters. The van der Waals surface area contributed by atoms with Crippen molar-refractivity contribution in [1.29, 1.82) is 0 Å². The van der Waals surface area contributed by atoms with Crippen molar-refractivity contribution in [3.05, 3.63) is 29.8 Å². The first kappa shape index (κ1) is 17.7. The van der Waals surface area contributed by atoms with Gasteiger partial charge in [0.2, 0.25) is 0 Å². The Labute approximate surface area is 138 Å². The van der Waals surface area contributed by atoms with Crippen molar-refractivity contribution in [2.75, 3.05) is 0 Å². The molecule has 0 heterocycles. The fraction of sp³-hybridized carbons (Fsp3) is 0.500. The molecule has 0 aliphatic heterocycles. The Balaban J connectivity index is 1.96. The highest BCUT2D eigenvalue weighted by molar-refractivity contribution is 7.99. The zero-order valence-electron chi connectivity index (χ0n) is 12.8. The second-order valence-electron chi connectivity index (χ2n) is 5.41. The van der Waals surface area contributed by atoms with Gasteiger partial charge in [-0.3, -0.25) is 4.79 Å². The predicted molar refractivity (Wildman–Crippen MR) is 83.6 cm³/mol. The van der Waals surface area contributed by atoms with Gasteiger partial charge in [-0.2, -0.15) is 8.78 Å². The van der Waals surface area contributed by atoms with Crippen molar-refractivity contribution < 1.29 is 23.1 Å². The number of nitrogens with one attached hydrogen (secondary N) is 1. The molecule has 1 atom stereocenters. The molecule has 126 valence electrons. The summed E-state index contributed by atoms with van der Waals surface area (Å²) in [5, 5.41) is 2.84. The Morgan fingerprint density at radius 2 is 1.91 bits per heavy atom. The van der Waals surface area contributed by atoms with Crippen molar-refractivity contribution in [3.63, 3.8) is 0 Å². The fourth-order valence-corrected chi connectivity index (χ4v) is 3.13. The Bertz CT molecular complexity index is 562. The molecule has 4 nitrogen and oxygen atoms in total. The lowest BCUT2D eigenvalue weighted by atomic mass is 10.2. The summed E-state index contributed by atoms with van der Waals surface area (Å²) in [6, 6.07) is 6.10. The van der Waals surface area contributed by atoms with Crippen molar-refractivity contribution in [2.45, 2.75) is 55.4 Å². The number of carbonyl (C=O) groups is 2. The van der Waals surface area contributed by atoms with Gasteiger partial charge in [-0.15, -0.1) is 0 Å². The molecular weight excluding hydrogens is 324 g/mol. The zero-order chi connectivity index (χ0) is 16.8. The zero-order valence-corrected chi connectivity index (χ0v) is 13.6. The normalized spacial score (nSPS) is 16.3. The number of hydrogen-bond donors (Lipinski definition) is 1. The van der Waals surface area contributed by atoms with Crippen molar-refractivity contribution >= 4 is 23.6 Å². The summed E-state index contributed by atoms with van der Waals surface area (Å²) >= 11 is 0.280. The molecule has 1 saturated carbocycles. The molecule has 1 fully saturated rings. The summed E-state index contributed by atoms with van der Waals surface area (Å²) in [4.78, 5) is 24.3. The monoisotopic (exact) mass is 343 g/mol. The van der Waals surface area contributed by atoms with E-state index in [1.54, 1.807) is 12.1 Å². The van der Waals surface area contributed by atoms with E-state index in [9.17, 15) is 18.4 Å². The van der Waals surface area contributed by atoms with E-state index < -0.39 is 17.8 Å². The molecule has 1 N–H and O–H groups in total. The van der Waals surface area contributed by atoms with Gasteiger partial charge in [-0.25, -0.2) is 4.79 Å². The van der Waals surface area contributed by atoms with Crippen LogP contribution in [-0.4, -0.2) is 29.8 Å². The molecular formula is C16H19F2NO3S. The van der Waals surface area contributed by atoms with Gasteiger partial charge in [0.05, 0.1) is 5.56 Å². The molecule has 7 heteroatoms. The lowest BCUT2D eigenvalue weighted by Crippen LogP contribution is -2.40. The van der Waals surface area contributed by atoms with Gasteiger partial charge in [0.1, 0.15) is 0 Å². The van der Waals surface area contributed by atoms with Gasteiger partial charge >= 0.3 is 5.97 Å². The van der Waals surface area contributed by atoms with Gasteiger partial charge < -0.3 is 10.1 Å². The third-order valence-corrected chi connectivity index (χ3v) is 4.47. The summed E-state index contributed by atoms with van der Waals surface area (Å²) in [6.07, 6.45) is 3.06. The number of benzene rings is 1. The molecule has 2 rings (SSSR count). The highest BCUT2D eigenvalue weighted by Gasteiger charge is 2.24. The lowest BCUT2D eigenvalue weighted by Gasteiger charge is -2.17. The fourth-order valence-electron chi connectivity index (χ4n) is 2.50. The van der Waals surface area contributed by atoms with Gasteiger partial charge in [-0.1, -0.05) is 36.7 Å². The van der Waals surface area contributed by atoms with Gasteiger partial charge in [0.25, 0.3) is 11.7 Å². The van der Waals surface area contributed by atoms with E-state index in [0.717, 1.165) is 25.7 Å². The highest BCUT2D eigenvalue weighted by Crippen LogP contribution is 2.29. The Kier molecular flexibility index (Phi) is 6.38. The van der Waals surface area contributed by atoms with Crippen molar-refractivity contribution in [1.82, 2.24) is 5.32 Å². The summed E-state index contributed by atoms with van der Waals surface area (Å²) in [6.45, 7) is 1.48. The maximum atomic E-state index is 12.5. The number of hydrogen-bond acceptors (Lipinski definition) is 4. The van der Waals surface area contributed by atoms with Crippen molar-refractivity contribution in [3.8, 4) is 0 Å². The summed E-state index contributed by atoms with van der Waals surface area (Å²) < 4.78 is 30.2. The molecule has 1 amide bonds. The van der Waals surface area contributed by atoms with E-state index in [0.29, 0.717) is 0 Å². The SMILES string of the molecule is CC(OC(=O)c1ccccc1SC(F)F)C(=O)NC1CCCC1. The molecule has 1 aliphatic carbocycles. The van der Waals surface area contributed by atoms with E-state index in [-0.39, 0.29) is 34.2 Å². The smallest absolute Gasteiger partial charge is 0.340 e. The van der Waals surface area contributed by atoms with Crippen LogP contribution in [0.1, 0.15) is 43.0 Å². The first-order chi connectivity index (χ1) is 11.0. The Hall–Kier alpha value is -1.63. The number of amides is 1. The molecule has 0 saturated heterocycles. The topological polar surface area (TPSA) is 55.4 Å². The second kappa shape index (κ2) is 8.29. The number of rotatable bonds is 6. The molecule has 1 aromatic carbocycles. The van der Waals surface area contributed by atoms with Gasteiger partial charge in [0, 0.05) is 10.9 Å². The largest absolute Gasteiger partial charge is 0.449 e. The van der Waals surface area contributed by atoms with E-state index in [1.165, 1.54) is 19.1 Å². The predicted octanol–water partition coefficient (Wildman–Crippen LogP) is 3.61. The van der Waals surface area contributed by atoms with Crippen LogP contribution in [0.15, 0.2) is 29.2 Å². The average molecular weight is 343 g/mol. The maximum Gasteiger partial charge on any atom is 0.340 e. The van der Waals surface area contributed by atoms with Crippen LogP contribution in [0.25, 0.3) is 0 Å². The van der Waals surface area contributed by atoms with Crippen LogP contribution >= 0.6 is 11.8 Å². The Morgan fingerprint density at radius 1 is 1.26 bits per heavy atom. The van der Waals surface area contributed by atoms with E-state index >= 15 is 0 Å². The summed E-state index contributed by atoms with van der Waals surface area (Å²) in [7, 11) is 0. The number of thioether (sulfide) groups is 1. The standard InChI is InChI=1S/C16H19F2NO3S/c1-10(14(20)19-11-6-2-3-7-11)22-15(21)12-8-4-5-9-13(12)23-16(17)18/h4-5,8-11,16H,2-3,6-7H2,1H3,(H,19,20). The van der Waals surface area contributed by atoms with Crippen LogP contribution < -0.4 is 5.32 Å². The molecule has 1 aromatic rings. The summed E-state index contributed by atoms with van der Waals surface area (Å²) in [5.41, 5.74) is 0.0401. The number of alkyl halides is 2. The maximum absolute atomic E-state index is 12.5. The van der Waals surface area contributed by atoms with Crippen LogP contribution in [0.5, 0.6) is 0 Å². The second-order valence-corrected chi connectivity index (χ2v) is 6.44. The minimum Gasteiger partial charge on any atom is -0.449 e. The third-order valence-electron chi connectivity index (χ3n) is 3.68. The molecule has 0 bridgehead atoms. The average Bonchev–Trinajstić information content (AvgIpc) is 2.99. The molecule has 0 spiro atoms. The Morgan fingerprint density at radius 3 is 2.57 bits per heavy atom. The highest BCUT2D eigenvalue weighted by atomic mass is 32.2. The van der Waals surface area contributed by atoms with Crippen LogP contribution in [-0.2, 0) is 9.53 Å². The first-order valence-electron chi connectivity index (χ1n) is 7.52. The van der Waals surface area contributed by atoms with Crippen LogP contribution in [0.4, 0.5) is 8.78 Å². The quantitative estimate of drug-likeness (QED) is 0.633. The minimum atomic E-state index is -2.63. The van der Waals surface area contributed by atoms with Crippen LogP contribution in [0.2, 0.25) is 0 Å². The number of ether oxygens (including phenoxy) is 1. The van der Waals surface area contributed by atoms with Crippen LogP contribution in [0.3, 0.4) is 0 Å². The van der Waals surface area contributed by atoms with E-state index in [4.69, 9.17) is 4.74 Å². The minimum absolute atomic E-state index is 0.0401. The van der Waals surface area contributed by atoms with Crippen LogP contribution in [0, 0.1) is 0 Å². The number of halogens is 2. The lowest BCUT2D eigenvalue weighted by molar-refractivity contribution is -0.129. The number of esters is 1. The van der Waals surface area contributed by atoms with E-state index in [2.05, 4.69) is 5.32 Å². The van der Waals surface area contributed by atoms with Crippen molar-refractivity contribution in [2.24, 2.45) is 0 Å². The van der Waals surface area contributed by atoms with Gasteiger partial charge in [0.15, 0.2) is 6.10 Å². The molecule has 23 heavy (non-hydrogen) atoms. The first-order valence-corrected chi connectivity index (χ1v) is 8.40. The van der Waals surface area contributed by atoms with Gasteiger partial charge in [-0.05, 0) is 31.9 Å². The molecule has 0 radical (unpaired) electrons. The molecule has 0 aromatic heterocycles. The third kappa shape index (κ3) is 5.20. The number of carbonyl (C=O) groups excluding carboxylic acids is 2. The molecule has 1 aliphatic rings. The summed E-state index contributed by atoms with van der Waals surface area (Å²) in [5.74, 6) is -3.76. The van der Waals surface area contributed by atoms with E-state index in [1.807, 2.05) is 0 Å².